The number of aromatic hydroxyl groups is 1. The van der Waals surface area contributed by atoms with Gasteiger partial charge in [-0.2, -0.15) is 0 Å². The van der Waals surface area contributed by atoms with Crippen LogP contribution in [0.15, 0.2) is 18.2 Å². The van der Waals surface area contributed by atoms with E-state index in [1.54, 1.807) is 6.07 Å². The van der Waals surface area contributed by atoms with Crippen LogP contribution in [0.1, 0.15) is 52.7 Å². The van der Waals surface area contributed by atoms with Gasteiger partial charge in [-0.1, -0.05) is 53.7 Å². The van der Waals surface area contributed by atoms with Gasteiger partial charge in [0.15, 0.2) is 0 Å². The molecule has 1 aromatic carbocycles. The summed E-state index contributed by atoms with van der Waals surface area (Å²) in [4.78, 5) is 0. The Labute approximate surface area is 122 Å². The first kappa shape index (κ1) is 16.0. The van der Waals surface area contributed by atoms with Gasteiger partial charge in [0.1, 0.15) is 5.75 Å². The number of hydrogen-bond acceptors (Lipinski definition) is 1. The van der Waals surface area contributed by atoms with Crippen molar-refractivity contribution in [3.8, 4) is 5.75 Å². The zero-order chi connectivity index (χ0) is 11.9. The topological polar surface area (TPSA) is 20.2 Å². The molecule has 0 aliphatic rings. The molecular weight excluding hydrogens is 207 g/mol. The standard InChI is InChI=1S/C14H22O.Na.H/c1-13(2,3)10-7-8-12(15)11(9-10)14(4,5)6;;/h7-9,15H,1-6H3;;. The van der Waals surface area contributed by atoms with Gasteiger partial charge in [-0.05, 0) is 28.0 Å². The Kier molecular flexibility index (Phi) is 5.12. The van der Waals surface area contributed by atoms with Crippen LogP contribution in [0.4, 0.5) is 0 Å². The van der Waals surface area contributed by atoms with Crippen molar-refractivity contribution < 1.29 is 5.11 Å². The van der Waals surface area contributed by atoms with Crippen LogP contribution in [-0.4, -0.2) is 34.7 Å². The summed E-state index contributed by atoms with van der Waals surface area (Å²) in [6.45, 7) is 12.9. The van der Waals surface area contributed by atoms with Crippen molar-refractivity contribution in [2.75, 3.05) is 0 Å². The first-order valence-corrected chi connectivity index (χ1v) is 5.46. The zero-order valence-corrected chi connectivity index (χ0v) is 10.7. The van der Waals surface area contributed by atoms with E-state index in [2.05, 4.69) is 47.6 Å². The van der Waals surface area contributed by atoms with Gasteiger partial charge in [-0.15, -0.1) is 0 Å². The third-order valence-corrected chi connectivity index (χ3v) is 2.67. The number of hydrogen-bond donors (Lipinski definition) is 1. The Hall–Kier alpha value is 0.0200. The summed E-state index contributed by atoms with van der Waals surface area (Å²) in [7, 11) is 0. The third kappa shape index (κ3) is 3.80. The van der Waals surface area contributed by atoms with Crippen LogP contribution in [0.2, 0.25) is 0 Å². The van der Waals surface area contributed by atoms with Crippen molar-refractivity contribution in [3.05, 3.63) is 29.3 Å². The fourth-order valence-corrected chi connectivity index (χ4v) is 1.60. The number of benzene rings is 1. The van der Waals surface area contributed by atoms with Gasteiger partial charge in [-0.3, -0.25) is 0 Å². The molecule has 1 rings (SSSR count). The second kappa shape index (κ2) is 5.12. The first-order valence-electron chi connectivity index (χ1n) is 5.46. The van der Waals surface area contributed by atoms with Crippen molar-refractivity contribution in [2.24, 2.45) is 0 Å². The van der Waals surface area contributed by atoms with Crippen LogP contribution in [-0.2, 0) is 10.8 Å². The summed E-state index contributed by atoms with van der Waals surface area (Å²) in [6.07, 6.45) is 0. The van der Waals surface area contributed by atoms with E-state index in [0.29, 0.717) is 5.75 Å². The first-order chi connectivity index (χ1) is 6.62. The molecule has 0 aliphatic carbocycles. The molecule has 0 spiro atoms. The molecule has 0 saturated carbocycles. The van der Waals surface area contributed by atoms with Crippen molar-refractivity contribution in [1.82, 2.24) is 0 Å². The molecule has 1 aromatic rings. The Morgan fingerprint density at radius 1 is 0.875 bits per heavy atom. The molecule has 0 aliphatic heterocycles. The molecular formula is C14H23NaO. The van der Waals surface area contributed by atoms with Crippen molar-refractivity contribution in [3.63, 3.8) is 0 Å². The molecule has 0 aromatic heterocycles. The predicted octanol–water partition coefficient (Wildman–Crippen LogP) is 3.34. The number of phenolic OH excluding ortho intramolecular Hbond substituents is 1. The minimum atomic E-state index is -0.00859. The molecule has 0 saturated heterocycles. The SMILES string of the molecule is CC(C)(C)c1ccc(O)c(C(C)(C)C)c1.[NaH]. The van der Waals surface area contributed by atoms with E-state index in [-0.39, 0.29) is 40.4 Å². The molecule has 0 fully saturated rings. The maximum absolute atomic E-state index is 9.84. The summed E-state index contributed by atoms with van der Waals surface area (Å²) >= 11 is 0. The normalized spacial score (nSPS) is 12.1. The fraction of sp³-hybridized carbons (Fsp3) is 0.571. The average molecular weight is 230 g/mol. The van der Waals surface area contributed by atoms with Crippen LogP contribution in [0.25, 0.3) is 0 Å². The van der Waals surface area contributed by atoms with E-state index < -0.39 is 0 Å². The quantitative estimate of drug-likeness (QED) is 0.678. The third-order valence-electron chi connectivity index (χ3n) is 2.67. The van der Waals surface area contributed by atoms with Crippen LogP contribution >= 0.6 is 0 Å². The molecule has 0 atom stereocenters. The van der Waals surface area contributed by atoms with Gasteiger partial charge < -0.3 is 5.11 Å². The summed E-state index contributed by atoms with van der Waals surface area (Å²) in [5.41, 5.74) is 2.42. The van der Waals surface area contributed by atoms with Crippen molar-refractivity contribution in [1.29, 1.82) is 0 Å². The molecule has 2 heteroatoms. The van der Waals surface area contributed by atoms with E-state index in [0.717, 1.165) is 5.56 Å². The Bertz CT molecular complexity index is 356. The summed E-state index contributed by atoms with van der Waals surface area (Å²) < 4.78 is 0. The van der Waals surface area contributed by atoms with Crippen LogP contribution < -0.4 is 0 Å². The average Bonchev–Trinajstić information content (AvgIpc) is 2.00. The van der Waals surface area contributed by atoms with Crippen LogP contribution in [0, 0.1) is 0 Å². The van der Waals surface area contributed by atoms with Gasteiger partial charge in [0.05, 0.1) is 0 Å². The second-order valence-electron chi connectivity index (χ2n) is 6.23. The molecule has 86 valence electrons. The van der Waals surface area contributed by atoms with Crippen molar-refractivity contribution in [2.45, 2.75) is 52.4 Å². The van der Waals surface area contributed by atoms with Crippen molar-refractivity contribution >= 4 is 29.6 Å². The number of phenols is 1. The Morgan fingerprint density at radius 2 is 1.38 bits per heavy atom. The molecule has 16 heavy (non-hydrogen) atoms. The molecule has 0 radical (unpaired) electrons. The fourth-order valence-electron chi connectivity index (χ4n) is 1.60. The molecule has 1 N–H and O–H groups in total. The molecule has 0 unspecified atom stereocenters. The van der Waals surface area contributed by atoms with Gasteiger partial charge in [0, 0.05) is 0 Å². The maximum atomic E-state index is 9.84. The summed E-state index contributed by atoms with van der Waals surface area (Å²) in [5.74, 6) is 0.399. The molecule has 0 bridgehead atoms. The van der Waals surface area contributed by atoms with Gasteiger partial charge in [0.25, 0.3) is 0 Å². The Balaban J connectivity index is 0.00000225. The second-order valence-corrected chi connectivity index (χ2v) is 6.23. The monoisotopic (exact) mass is 230 g/mol. The predicted molar refractivity (Wildman–Crippen MR) is 72.7 cm³/mol. The molecule has 0 amide bonds. The van der Waals surface area contributed by atoms with E-state index >= 15 is 0 Å². The van der Waals surface area contributed by atoms with E-state index in [1.807, 2.05) is 6.07 Å². The summed E-state index contributed by atoms with van der Waals surface area (Å²) in [5, 5.41) is 9.84. The van der Waals surface area contributed by atoms with E-state index in [1.165, 1.54) is 5.56 Å². The van der Waals surface area contributed by atoms with Gasteiger partial charge in [0.2, 0.25) is 0 Å². The molecule has 0 heterocycles. The minimum absolute atomic E-state index is 0. The van der Waals surface area contributed by atoms with Crippen LogP contribution in [0.3, 0.4) is 0 Å². The van der Waals surface area contributed by atoms with Gasteiger partial charge in [-0.25, -0.2) is 0 Å². The zero-order valence-electron chi connectivity index (χ0n) is 10.7. The summed E-state index contributed by atoms with van der Waals surface area (Å²) in [6, 6.07) is 5.93. The van der Waals surface area contributed by atoms with E-state index in [4.69, 9.17) is 0 Å². The molecule has 1 nitrogen and oxygen atoms in total. The van der Waals surface area contributed by atoms with Crippen LogP contribution in [0.5, 0.6) is 5.75 Å². The van der Waals surface area contributed by atoms with Gasteiger partial charge >= 0.3 is 29.6 Å². The Morgan fingerprint density at radius 3 is 1.75 bits per heavy atom. The van der Waals surface area contributed by atoms with E-state index in [9.17, 15) is 5.11 Å². The number of rotatable bonds is 0.